The Kier molecular flexibility index (Phi) is 9.41. The Balaban J connectivity index is 1.61. The number of benzene rings is 2. The van der Waals surface area contributed by atoms with Crippen molar-refractivity contribution in [3.05, 3.63) is 76.6 Å². The number of aryl methyl sites for hydroxylation is 1. The van der Waals surface area contributed by atoms with Crippen LogP contribution in [0, 0.1) is 17.2 Å². The Morgan fingerprint density at radius 3 is 2.52 bits per heavy atom. The summed E-state index contributed by atoms with van der Waals surface area (Å²) in [5.41, 5.74) is 1.69. The maximum absolute atomic E-state index is 14.4. The van der Waals surface area contributed by atoms with Gasteiger partial charge in [-0.25, -0.2) is 4.98 Å². The van der Waals surface area contributed by atoms with Crippen molar-refractivity contribution in [3.63, 3.8) is 0 Å². The molecule has 5 rings (SSSR count). The van der Waals surface area contributed by atoms with Crippen LogP contribution in [0.15, 0.2) is 48.8 Å². The van der Waals surface area contributed by atoms with Crippen LogP contribution in [0.2, 0.25) is 0 Å². The first-order chi connectivity index (χ1) is 21.9. The number of carbonyl (C=O) groups is 1. The predicted octanol–water partition coefficient (Wildman–Crippen LogP) is 5.79. The average molecular weight is 633 g/mol. The predicted molar refractivity (Wildman–Crippen MR) is 168 cm³/mol. The molecular formula is C33H35F3N8O2. The highest BCUT2D eigenvalue weighted by molar-refractivity contribution is 6.10. The molecule has 0 bridgehead atoms. The van der Waals surface area contributed by atoms with Crippen LogP contribution in [0.5, 0.6) is 0 Å². The number of ether oxygens (including phenoxy) is 1. The van der Waals surface area contributed by atoms with Gasteiger partial charge in [0.25, 0.3) is 5.91 Å². The van der Waals surface area contributed by atoms with Gasteiger partial charge in [0, 0.05) is 44.4 Å². The fraction of sp³-hybridized carbons (Fsp3) is 0.364. The highest BCUT2D eigenvalue weighted by Gasteiger charge is 2.41. The van der Waals surface area contributed by atoms with Crippen molar-refractivity contribution in [3.8, 4) is 28.6 Å². The van der Waals surface area contributed by atoms with Crippen LogP contribution in [0.25, 0.3) is 22.5 Å². The molecule has 0 saturated carbocycles. The number of carbonyl (C=O) groups excluding carboxylic acids is 1. The molecule has 1 atom stereocenters. The lowest BCUT2D eigenvalue weighted by molar-refractivity contribution is -0.138. The number of rotatable bonds is 11. The molecule has 1 aliphatic heterocycles. The second-order valence-corrected chi connectivity index (χ2v) is 11.8. The zero-order chi connectivity index (χ0) is 33.2. The molecule has 3 heterocycles. The molecule has 1 aliphatic rings. The number of nitriles is 1. The fourth-order valence-electron chi connectivity index (χ4n) is 5.39. The van der Waals surface area contributed by atoms with E-state index in [4.69, 9.17) is 4.74 Å². The van der Waals surface area contributed by atoms with Gasteiger partial charge in [-0.05, 0) is 77.6 Å². The normalized spacial score (nSPS) is 13.7. The standard InChI is InChI=1S/C33H35F3N8O2/c1-19(2)14-39-29-11-23(25-8-21(13-37)6-7-24(25)31-42-40-18-43(31)4)12-30(41-29)44-16-27-26(32(44)45)9-22(10-28(27)33(34,35)36)15-38-20(3)17-46-5/h6-12,18-20,38H,14-17H2,1-5H3,(H,39,41)/t20-/m0/s1. The number of hydrogen-bond acceptors (Lipinski definition) is 8. The maximum Gasteiger partial charge on any atom is 0.416 e. The Morgan fingerprint density at radius 2 is 1.87 bits per heavy atom. The zero-order valence-electron chi connectivity index (χ0n) is 26.2. The number of alkyl halides is 3. The minimum Gasteiger partial charge on any atom is -0.383 e. The van der Waals surface area contributed by atoms with E-state index in [9.17, 15) is 23.2 Å². The summed E-state index contributed by atoms with van der Waals surface area (Å²) in [5, 5.41) is 24.4. The third-order valence-electron chi connectivity index (χ3n) is 7.67. The molecular weight excluding hydrogens is 597 g/mol. The van der Waals surface area contributed by atoms with Gasteiger partial charge in [-0.2, -0.15) is 18.4 Å². The second-order valence-electron chi connectivity index (χ2n) is 11.8. The number of hydrogen-bond donors (Lipinski definition) is 2. The number of anilines is 2. The first-order valence-electron chi connectivity index (χ1n) is 14.8. The van der Waals surface area contributed by atoms with E-state index in [1.807, 2.05) is 20.8 Å². The minimum atomic E-state index is -4.67. The molecule has 2 N–H and O–H groups in total. The number of pyridine rings is 1. The van der Waals surface area contributed by atoms with Crippen LogP contribution in [0.4, 0.5) is 24.8 Å². The molecule has 0 saturated heterocycles. The van der Waals surface area contributed by atoms with Gasteiger partial charge in [0.05, 0.1) is 30.3 Å². The molecule has 0 radical (unpaired) electrons. The lowest BCUT2D eigenvalue weighted by Gasteiger charge is -2.20. The SMILES string of the molecule is COC[C@H](C)NCc1cc2c(c(C(F)(F)F)c1)CN(c1cc(-c3cc(C#N)ccc3-c3nncn3C)cc(NCC(C)C)n1)C2=O. The Bertz CT molecular complexity index is 1790. The van der Waals surface area contributed by atoms with Crippen LogP contribution in [0.3, 0.4) is 0 Å². The summed E-state index contributed by atoms with van der Waals surface area (Å²) in [4.78, 5) is 19.8. The van der Waals surface area contributed by atoms with Gasteiger partial charge in [-0.3, -0.25) is 9.69 Å². The molecule has 13 heteroatoms. The number of halogens is 3. The Labute approximate surface area is 265 Å². The van der Waals surface area contributed by atoms with Crippen molar-refractivity contribution in [1.82, 2.24) is 25.1 Å². The third kappa shape index (κ3) is 6.88. The van der Waals surface area contributed by atoms with Gasteiger partial charge >= 0.3 is 6.18 Å². The first-order valence-corrected chi connectivity index (χ1v) is 14.8. The van der Waals surface area contributed by atoms with Gasteiger partial charge < -0.3 is 19.9 Å². The topological polar surface area (TPSA) is 121 Å². The summed E-state index contributed by atoms with van der Waals surface area (Å²) in [6.45, 7) is 6.70. The van der Waals surface area contributed by atoms with E-state index in [1.54, 1.807) is 55.4 Å². The monoisotopic (exact) mass is 632 g/mol. The molecule has 10 nitrogen and oxygen atoms in total. The molecule has 1 amide bonds. The van der Waals surface area contributed by atoms with Crippen LogP contribution >= 0.6 is 0 Å². The third-order valence-corrected chi connectivity index (χ3v) is 7.67. The number of fused-ring (bicyclic) bond motifs is 1. The summed E-state index contributed by atoms with van der Waals surface area (Å²) in [5.74, 6) is 0.846. The van der Waals surface area contributed by atoms with Crippen LogP contribution < -0.4 is 15.5 Å². The molecule has 0 spiro atoms. The molecule has 46 heavy (non-hydrogen) atoms. The number of methoxy groups -OCH3 is 1. The van der Waals surface area contributed by atoms with E-state index in [0.717, 1.165) is 6.07 Å². The summed E-state index contributed by atoms with van der Waals surface area (Å²) in [7, 11) is 3.34. The molecule has 0 unspecified atom stereocenters. The molecule has 0 fully saturated rings. The van der Waals surface area contributed by atoms with E-state index >= 15 is 0 Å². The molecule has 2 aromatic carbocycles. The second kappa shape index (κ2) is 13.3. The van der Waals surface area contributed by atoms with Crippen molar-refractivity contribution in [2.24, 2.45) is 13.0 Å². The van der Waals surface area contributed by atoms with E-state index in [2.05, 4.69) is 31.9 Å². The van der Waals surface area contributed by atoms with Gasteiger partial charge in [-0.15, -0.1) is 10.2 Å². The minimum absolute atomic E-state index is 0.0128. The summed E-state index contributed by atoms with van der Waals surface area (Å²) in [6.07, 6.45) is -3.11. The first kappa shape index (κ1) is 32.6. The summed E-state index contributed by atoms with van der Waals surface area (Å²) in [6, 6.07) is 13.3. The van der Waals surface area contributed by atoms with E-state index in [-0.39, 0.29) is 42.0 Å². The lowest BCUT2D eigenvalue weighted by Crippen LogP contribution is -2.29. The molecule has 0 aliphatic carbocycles. The fourth-order valence-corrected chi connectivity index (χ4v) is 5.39. The van der Waals surface area contributed by atoms with Crippen molar-refractivity contribution < 1.29 is 22.7 Å². The number of amides is 1. The number of nitrogens with zero attached hydrogens (tertiary/aromatic N) is 6. The Hall–Kier alpha value is -4.80. The van der Waals surface area contributed by atoms with Gasteiger partial charge in [0.2, 0.25) is 0 Å². The van der Waals surface area contributed by atoms with Crippen LogP contribution in [-0.4, -0.2) is 52.0 Å². The largest absolute Gasteiger partial charge is 0.416 e. The van der Waals surface area contributed by atoms with Crippen molar-refractivity contribution >= 4 is 17.5 Å². The zero-order valence-corrected chi connectivity index (χ0v) is 26.2. The highest BCUT2D eigenvalue weighted by Crippen LogP contribution is 2.41. The molecule has 240 valence electrons. The average Bonchev–Trinajstić information content (AvgIpc) is 3.60. The highest BCUT2D eigenvalue weighted by atomic mass is 19.4. The van der Waals surface area contributed by atoms with Crippen molar-refractivity contribution in [2.75, 3.05) is 30.5 Å². The summed E-state index contributed by atoms with van der Waals surface area (Å²) < 4.78 is 50.0. The Morgan fingerprint density at radius 1 is 1.09 bits per heavy atom. The van der Waals surface area contributed by atoms with Gasteiger partial charge in [-0.1, -0.05) is 13.8 Å². The van der Waals surface area contributed by atoms with E-state index in [1.165, 1.54) is 11.0 Å². The van der Waals surface area contributed by atoms with E-state index < -0.39 is 17.6 Å². The van der Waals surface area contributed by atoms with Gasteiger partial charge in [0.1, 0.15) is 18.0 Å². The van der Waals surface area contributed by atoms with Crippen LogP contribution in [0.1, 0.15) is 53.4 Å². The van der Waals surface area contributed by atoms with Crippen LogP contribution in [-0.2, 0) is 31.1 Å². The van der Waals surface area contributed by atoms with Crippen molar-refractivity contribution in [2.45, 2.75) is 46.1 Å². The quantitative estimate of drug-likeness (QED) is 0.213. The molecule has 2 aromatic heterocycles. The van der Waals surface area contributed by atoms with E-state index in [0.29, 0.717) is 52.6 Å². The van der Waals surface area contributed by atoms with Gasteiger partial charge in [0.15, 0.2) is 5.82 Å². The number of aromatic nitrogens is 4. The smallest absolute Gasteiger partial charge is 0.383 e. The summed E-state index contributed by atoms with van der Waals surface area (Å²) >= 11 is 0. The molecule has 4 aromatic rings. The van der Waals surface area contributed by atoms with Crippen molar-refractivity contribution in [1.29, 1.82) is 5.26 Å². The maximum atomic E-state index is 14.4. The number of nitrogens with one attached hydrogen (secondary N) is 2. The lowest BCUT2D eigenvalue weighted by atomic mass is 9.97.